The molecule has 0 saturated heterocycles. The first kappa shape index (κ1) is 13.0. The Morgan fingerprint density at radius 3 is 2.69 bits per heavy atom. The molecule has 0 aliphatic rings. The molecule has 3 heteroatoms. The summed E-state index contributed by atoms with van der Waals surface area (Å²) in [6, 6.07) is 10.2. The second kappa shape index (κ2) is 8.13. The van der Waals surface area contributed by atoms with Crippen LogP contribution in [0.4, 0.5) is 0 Å². The van der Waals surface area contributed by atoms with E-state index in [1.165, 1.54) is 0 Å². The number of ether oxygens (including phenoxy) is 1. The summed E-state index contributed by atoms with van der Waals surface area (Å²) >= 11 is 0. The second-order valence-electron chi connectivity index (χ2n) is 3.73. The fourth-order valence-corrected chi connectivity index (χ4v) is 1.56. The number of para-hydroxylation sites is 1. The normalized spacial score (nSPS) is 12.4. The predicted molar refractivity (Wildman–Crippen MR) is 65.7 cm³/mol. The molecule has 0 aromatic heterocycles. The number of rotatable bonds is 8. The van der Waals surface area contributed by atoms with Crippen LogP contribution in [0.2, 0.25) is 0 Å². The molecule has 0 spiro atoms. The number of hydrogen-bond acceptors (Lipinski definition) is 3. The first-order valence-corrected chi connectivity index (χ1v) is 5.89. The third-order valence-corrected chi connectivity index (χ3v) is 2.52. The summed E-state index contributed by atoms with van der Waals surface area (Å²) in [5, 5.41) is 12.2. The Kier molecular flexibility index (Phi) is 6.61. The standard InChI is InChI=1S/C13H21NO2/c1-2-12(8-10-15)14-9-11-16-13-6-4-3-5-7-13/h3-7,12,14-15H,2,8-11H2,1H3. The Morgan fingerprint density at radius 2 is 2.06 bits per heavy atom. The van der Waals surface area contributed by atoms with Crippen LogP contribution in [0.3, 0.4) is 0 Å². The van der Waals surface area contributed by atoms with E-state index in [-0.39, 0.29) is 6.61 Å². The van der Waals surface area contributed by atoms with Gasteiger partial charge in [0.15, 0.2) is 0 Å². The fourth-order valence-electron chi connectivity index (χ4n) is 1.56. The van der Waals surface area contributed by atoms with Crippen LogP contribution in [0, 0.1) is 0 Å². The zero-order valence-corrected chi connectivity index (χ0v) is 9.86. The lowest BCUT2D eigenvalue weighted by Gasteiger charge is -2.15. The summed E-state index contributed by atoms with van der Waals surface area (Å²) in [5.74, 6) is 0.902. The van der Waals surface area contributed by atoms with Gasteiger partial charge in [0.2, 0.25) is 0 Å². The lowest BCUT2D eigenvalue weighted by atomic mass is 10.1. The van der Waals surface area contributed by atoms with Crippen LogP contribution in [0.25, 0.3) is 0 Å². The number of hydrogen-bond donors (Lipinski definition) is 2. The van der Waals surface area contributed by atoms with E-state index in [4.69, 9.17) is 9.84 Å². The maximum atomic E-state index is 8.83. The molecule has 90 valence electrons. The molecule has 1 aromatic rings. The highest BCUT2D eigenvalue weighted by Crippen LogP contribution is 2.07. The monoisotopic (exact) mass is 223 g/mol. The molecule has 1 aromatic carbocycles. The summed E-state index contributed by atoms with van der Waals surface area (Å²) in [7, 11) is 0. The molecule has 16 heavy (non-hydrogen) atoms. The van der Waals surface area contributed by atoms with Gasteiger partial charge < -0.3 is 15.2 Å². The smallest absolute Gasteiger partial charge is 0.119 e. The lowest BCUT2D eigenvalue weighted by Crippen LogP contribution is -2.32. The van der Waals surface area contributed by atoms with Crippen molar-refractivity contribution in [2.45, 2.75) is 25.8 Å². The van der Waals surface area contributed by atoms with Gasteiger partial charge in [0.05, 0.1) is 0 Å². The average molecular weight is 223 g/mol. The summed E-state index contributed by atoms with van der Waals surface area (Å²) in [6.07, 6.45) is 1.84. The molecular formula is C13H21NO2. The van der Waals surface area contributed by atoms with Gasteiger partial charge in [0.25, 0.3) is 0 Å². The SMILES string of the molecule is CCC(CCO)NCCOc1ccccc1. The van der Waals surface area contributed by atoms with E-state index in [0.29, 0.717) is 12.6 Å². The molecule has 0 bridgehead atoms. The van der Waals surface area contributed by atoms with Crippen molar-refractivity contribution >= 4 is 0 Å². The zero-order valence-electron chi connectivity index (χ0n) is 9.86. The van der Waals surface area contributed by atoms with Crippen molar-refractivity contribution in [2.24, 2.45) is 0 Å². The highest BCUT2D eigenvalue weighted by atomic mass is 16.5. The van der Waals surface area contributed by atoms with Gasteiger partial charge in [0.1, 0.15) is 12.4 Å². The van der Waals surface area contributed by atoms with Gasteiger partial charge >= 0.3 is 0 Å². The van der Waals surface area contributed by atoms with E-state index >= 15 is 0 Å². The Morgan fingerprint density at radius 1 is 1.31 bits per heavy atom. The largest absolute Gasteiger partial charge is 0.492 e. The van der Waals surface area contributed by atoms with E-state index < -0.39 is 0 Å². The van der Waals surface area contributed by atoms with Crippen LogP contribution in [-0.2, 0) is 0 Å². The van der Waals surface area contributed by atoms with Crippen molar-refractivity contribution in [3.8, 4) is 5.75 Å². The second-order valence-corrected chi connectivity index (χ2v) is 3.73. The van der Waals surface area contributed by atoms with Crippen molar-refractivity contribution in [3.05, 3.63) is 30.3 Å². The van der Waals surface area contributed by atoms with Crippen molar-refractivity contribution in [2.75, 3.05) is 19.8 Å². The Hall–Kier alpha value is -1.06. The molecule has 0 aliphatic carbocycles. The molecule has 1 atom stereocenters. The average Bonchev–Trinajstić information content (AvgIpc) is 2.34. The van der Waals surface area contributed by atoms with Crippen LogP contribution in [0.15, 0.2) is 30.3 Å². The van der Waals surface area contributed by atoms with E-state index in [9.17, 15) is 0 Å². The van der Waals surface area contributed by atoms with Crippen molar-refractivity contribution in [1.29, 1.82) is 0 Å². The maximum Gasteiger partial charge on any atom is 0.119 e. The third kappa shape index (κ3) is 5.14. The van der Waals surface area contributed by atoms with Gasteiger partial charge in [0, 0.05) is 19.2 Å². The van der Waals surface area contributed by atoms with E-state index in [1.807, 2.05) is 30.3 Å². The molecule has 1 rings (SSSR count). The topological polar surface area (TPSA) is 41.5 Å². The van der Waals surface area contributed by atoms with Crippen LogP contribution in [0.1, 0.15) is 19.8 Å². The van der Waals surface area contributed by atoms with Crippen LogP contribution >= 0.6 is 0 Å². The molecule has 2 N–H and O–H groups in total. The summed E-state index contributed by atoms with van der Waals surface area (Å²) in [6.45, 7) is 3.83. The molecule has 0 saturated carbocycles. The van der Waals surface area contributed by atoms with Gasteiger partial charge in [-0.2, -0.15) is 0 Å². The molecule has 0 radical (unpaired) electrons. The van der Waals surface area contributed by atoms with Gasteiger partial charge in [-0.1, -0.05) is 25.1 Å². The Labute approximate surface area is 97.4 Å². The number of aliphatic hydroxyl groups excluding tert-OH is 1. The van der Waals surface area contributed by atoms with Crippen molar-refractivity contribution in [1.82, 2.24) is 5.32 Å². The lowest BCUT2D eigenvalue weighted by molar-refractivity contribution is 0.252. The number of aliphatic hydroxyl groups is 1. The minimum atomic E-state index is 0.241. The Balaban J connectivity index is 2.11. The minimum absolute atomic E-state index is 0.241. The van der Waals surface area contributed by atoms with Gasteiger partial charge in [-0.25, -0.2) is 0 Å². The minimum Gasteiger partial charge on any atom is -0.492 e. The van der Waals surface area contributed by atoms with Crippen molar-refractivity contribution in [3.63, 3.8) is 0 Å². The maximum absolute atomic E-state index is 8.83. The fraction of sp³-hybridized carbons (Fsp3) is 0.538. The molecule has 1 unspecified atom stereocenters. The summed E-state index contributed by atoms with van der Waals surface area (Å²) < 4.78 is 5.55. The molecule has 0 heterocycles. The van der Waals surface area contributed by atoms with Crippen LogP contribution in [-0.4, -0.2) is 30.9 Å². The first-order valence-electron chi connectivity index (χ1n) is 5.89. The van der Waals surface area contributed by atoms with Crippen LogP contribution in [0.5, 0.6) is 5.75 Å². The molecule has 3 nitrogen and oxygen atoms in total. The van der Waals surface area contributed by atoms with Gasteiger partial charge in [-0.05, 0) is 25.0 Å². The Bertz CT molecular complexity index is 264. The molecular weight excluding hydrogens is 202 g/mol. The predicted octanol–water partition coefficient (Wildman–Crippen LogP) is 1.82. The summed E-state index contributed by atoms with van der Waals surface area (Å²) in [4.78, 5) is 0. The highest BCUT2D eigenvalue weighted by Gasteiger charge is 2.03. The number of benzene rings is 1. The van der Waals surface area contributed by atoms with E-state index in [1.54, 1.807) is 0 Å². The first-order chi connectivity index (χ1) is 7.86. The third-order valence-electron chi connectivity index (χ3n) is 2.52. The zero-order chi connectivity index (χ0) is 11.6. The summed E-state index contributed by atoms with van der Waals surface area (Å²) in [5.41, 5.74) is 0. The van der Waals surface area contributed by atoms with E-state index in [0.717, 1.165) is 25.1 Å². The van der Waals surface area contributed by atoms with Gasteiger partial charge in [-0.3, -0.25) is 0 Å². The van der Waals surface area contributed by atoms with Crippen LogP contribution < -0.4 is 10.1 Å². The molecule has 0 amide bonds. The van der Waals surface area contributed by atoms with Gasteiger partial charge in [-0.15, -0.1) is 0 Å². The quantitative estimate of drug-likeness (QED) is 0.660. The highest BCUT2D eigenvalue weighted by molar-refractivity contribution is 5.20. The molecule has 0 fully saturated rings. The molecule has 0 aliphatic heterocycles. The van der Waals surface area contributed by atoms with Crippen molar-refractivity contribution < 1.29 is 9.84 Å². The number of nitrogens with one attached hydrogen (secondary N) is 1. The van der Waals surface area contributed by atoms with E-state index in [2.05, 4.69) is 12.2 Å².